The lowest BCUT2D eigenvalue weighted by Crippen LogP contribution is -2.55. The number of piperidine rings is 1. The van der Waals surface area contributed by atoms with Crippen molar-refractivity contribution in [2.45, 2.75) is 58.0 Å². The molecule has 244 valence electrons. The van der Waals surface area contributed by atoms with Crippen LogP contribution in [0.25, 0.3) is 10.8 Å². The molecular formula is C37H42FN7O2. The number of fused-ring (bicyclic) bond motifs is 2. The van der Waals surface area contributed by atoms with Gasteiger partial charge in [-0.1, -0.05) is 43.3 Å². The van der Waals surface area contributed by atoms with Crippen molar-refractivity contribution in [2.75, 3.05) is 62.2 Å². The number of carbonyl (C=O) groups is 1. The zero-order valence-electron chi connectivity index (χ0n) is 27.2. The van der Waals surface area contributed by atoms with Gasteiger partial charge in [0.25, 0.3) is 5.91 Å². The maximum atomic E-state index is 13.9. The monoisotopic (exact) mass is 635 g/mol. The van der Waals surface area contributed by atoms with E-state index in [0.29, 0.717) is 44.1 Å². The summed E-state index contributed by atoms with van der Waals surface area (Å²) in [6.07, 6.45) is 5.28. The highest BCUT2D eigenvalue weighted by atomic mass is 19.1. The predicted molar refractivity (Wildman–Crippen MR) is 181 cm³/mol. The van der Waals surface area contributed by atoms with Crippen LogP contribution in [-0.4, -0.2) is 79.2 Å². The summed E-state index contributed by atoms with van der Waals surface area (Å²) in [6, 6.07) is 16.7. The smallest absolute Gasteiger partial charge is 0.282 e. The molecule has 1 atom stereocenters. The van der Waals surface area contributed by atoms with E-state index >= 15 is 0 Å². The molecule has 0 radical (unpaired) electrons. The average Bonchev–Trinajstić information content (AvgIpc) is 3.09. The molecule has 0 N–H and O–H groups in total. The highest BCUT2D eigenvalue weighted by Crippen LogP contribution is 2.40. The van der Waals surface area contributed by atoms with Gasteiger partial charge in [-0.05, 0) is 62.7 Å². The van der Waals surface area contributed by atoms with E-state index in [0.717, 1.165) is 55.2 Å². The molecule has 2 saturated heterocycles. The second-order valence-corrected chi connectivity index (χ2v) is 12.8. The van der Waals surface area contributed by atoms with Crippen LogP contribution in [0, 0.1) is 29.6 Å². The van der Waals surface area contributed by atoms with E-state index in [2.05, 4.69) is 76.7 Å². The van der Waals surface area contributed by atoms with Crippen molar-refractivity contribution in [3.63, 3.8) is 0 Å². The first-order chi connectivity index (χ1) is 22.9. The molecule has 2 fully saturated rings. The number of anilines is 2. The maximum Gasteiger partial charge on any atom is 0.282 e. The zero-order valence-corrected chi connectivity index (χ0v) is 27.2. The standard InChI is InChI=1S/C37H42FN7O2/c1-26-9-6-10-28-11-7-12-33(34(26)28)43-19-14-30-32(25-43)41-36(47-22-8-18-42-16-4-3-5-17-42)31(23-40)35(30)44-20-21-45(37(46)27(2)38)29(24-44)13-15-39/h6-7,9-12,29H,2-5,8,13-14,16-22,24-25H2,1H3. The summed E-state index contributed by atoms with van der Waals surface area (Å²) in [6.45, 7) is 11.1. The molecule has 0 spiro atoms. The van der Waals surface area contributed by atoms with Gasteiger partial charge in [0.2, 0.25) is 5.88 Å². The third-order valence-corrected chi connectivity index (χ3v) is 9.76. The Kier molecular flexibility index (Phi) is 9.89. The number of piperazine rings is 1. The van der Waals surface area contributed by atoms with Gasteiger partial charge in [0.15, 0.2) is 5.83 Å². The quantitative estimate of drug-likeness (QED) is 0.220. The van der Waals surface area contributed by atoms with Crippen LogP contribution in [0.4, 0.5) is 15.8 Å². The highest BCUT2D eigenvalue weighted by Gasteiger charge is 2.36. The Labute approximate surface area is 276 Å². The number of nitriles is 2. The van der Waals surface area contributed by atoms with E-state index in [4.69, 9.17) is 9.72 Å². The normalized spacial score (nSPS) is 18.4. The predicted octanol–water partition coefficient (Wildman–Crippen LogP) is 5.65. The minimum Gasteiger partial charge on any atom is -0.477 e. The Balaban J connectivity index is 1.34. The summed E-state index contributed by atoms with van der Waals surface area (Å²) < 4.78 is 20.2. The number of pyridine rings is 1. The molecule has 3 aromatic rings. The lowest BCUT2D eigenvalue weighted by atomic mass is 9.95. The molecule has 9 nitrogen and oxygen atoms in total. The molecule has 3 aliphatic rings. The number of hydrogen-bond acceptors (Lipinski definition) is 8. The Morgan fingerprint density at radius 3 is 2.60 bits per heavy atom. The van der Waals surface area contributed by atoms with Gasteiger partial charge >= 0.3 is 0 Å². The lowest BCUT2D eigenvalue weighted by Gasteiger charge is -2.43. The summed E-state index contributed by atoms with van der Waals surface area (Å²) in [5.41, 5.74) is 5.33. The number of rotatable bonds is 9. The van der Waals surface area contributed by atoms with E-state index in [9.17, 15) is 19.7 Å². The van der Waals surface area contributed by atoms with Crippen molar-refractivity contribution in [1.29, 1.82) is 10.5 Å². The Bertz CT molecular complexity index is 1730. The van der Waals surface area contributed by atoms with E-state index in [1.165, 1.54) is 40.5 Å². The van der Waals surface area contributed by atoms with Crippen LogP contribution in [0.1, 0.15) is 54.5 Å². The van der Waals surface area contributed by atoms with E-state index in [-0.39, 0.29) is 13.0 Å². The first-order valence-corrected chi connectivity index (χ1v) is 16.7. The number of likely N-dealkylation sites (tertiary alicyclic amines) is 1. The van der Waals surface area contributed by atoms with Gasteiger partial charge in [-0.25, -0.2) is 9.37 Å². The number of aryl methyl sites for hydroxylation is 1. The van der Waals surface area contributed by atoms with Crippen LogP contribution < -0.4 is 14.5 Å². The second-order valence-electron chi connectivity index (χ2n) is 12.8. The molecule has 0 bridgehead atoms. The van der Waals surface area contributed by atoms with E-state index < -0.39 is 17.8 Å². The SMILES string of the molecule is C=C(F)C(=O)N1CCN(c2c(C#N)c(OCCCN3CCCCC3)nc3c2CCN(c2cccc4cccc(C)c24)C3)CC1CC#N. The van der Waals surface area contributed by atoms with E-state index in [1.807, 2.05) is 0 Å². The number of amides is 1. The van der Waals surface area contributed by atoms with Gasteiger partial charge in [0, 0.05) is 49.4 Å². The molecule has 6 rings (SSSR count). The molecule has 0 saturated carbocycles. The van der Waals surface area contributed by atoms with Crippen molar-refractivity contribution in [1.82, 2.24) is 14.8 Å². The second kappa shape index (κ2) is 14.4. The summed E-state index contributed by atoms with van der Waals surface area (Å²) in [5, 5.41) is 22.5. The highest BCUT2D eigenvalue weighted by molar-refractivity contribution is 5.97. The van der Waals surface area contributed by atoms with Gasteiger partial charge in [0.05, 0.1) is 43.1 Å². The Morgan fingerprint density at radius 1 is 1.06 bits per heavy atom. The number of carbonyl (C=O) groups excluding carboxylic acids is 1. The van der Waals surface area contributed by atoms with Crippen LogP contribution in [0.5, 0.6) is 5.88 Å². The number of nitrogens with zero attached hydrogens (tertiary/aromatic N) is 7. The molecule has 3 aliphatic heterocycles. The van der Waals surface area contributed by atoms with E-state index in [1.54, 1.807) is 0 Å². The number of halogens is 1. The van der Waals surface area contributed by atoms with Crippen LogP contribution >= 0.6 is 0 Å². The fraction of sp³-hybridized carbons (Fsp3) is 0.459. The first-order valence-electron chi connectivity index (χ1n) is 16.7. The number of ether oxygens (including phenoxy) is 1. The fourth-order valence-electron chi connectivity index (χ4n) is 7.47. The molecule has 47 heavy (non-hydrogen) atoms. The maximum absolute atomic E-state index is 13.9. The Morgan fingerprint density at radius 2 is 1.85 bits per heavy atom. The van der Waals surface area contributed by atoms with Crippen molar-refractivity contribution in [3.8, 4) is 18.0 Å². The van der Waals surface area contributed by atoms with Crippen molar-refractivity contribution < 1.29 is 13.9 Å². The van der Waals surface area contributed by atoms with Gasteiger partial charge in [-0.2, -0.15) is 10.5 Å². The first kappa shape index (κ1) is 32.3. The summed E-state index contributed by atoms with van der Waals surface area (Å²) >= 11 is 0. The van der Waals surface area contributed by atoms with Gasteiger partial charge in [-0.3, -0.25) is 4.79 Å². The molecule has 4 heterocycles. The third kappa shape index (κ3) is 6.75. The third-order valence-electron chi connectivity index (χ3n) is 9.76. The van der Waals surface area contributed by atoms with Crippen molar-refractivity contribution >= 4 is 28.1 Å². The van der Waals surface area contributed by atoms with Crippen molar-refractivity contribution in [3.05, 3.63) is 71.2 Å². The van der Waals surface area contributed by atoms with Crippen LogP contribution in [0.15, 0.2) is 48.8 Å². The Hall–Kier alpha value is -4.67. The molecule has 0 aliphatic carbocycles. The number of benzene rings is 2. The molecule has 1 amide bonds. The van der Waals surface area contributed by atoms with Gasteiger partial charge < -0.3 is 24.3 Å². The van der Waals surface area contributed by atoms with Crippen LogP contribution in [-0.2, 0) is 17.8 Å². The summed E-state index contributed by atoms with van der Waals surface area (Å²) in [7, 11) is 0. The molecular weight excluding hydrogens is 593 g/mol. The van der Waals surface area contributed by atoms with Gasteiger partial charge in [0.1, 0.15) is 11.6 Å². The zero-order chi connectivity index (χ0) is 32.9. The lowest BCUT2D eigenvalue weighted by molar-refractivity contribution is -0.131. The van der Waals surface area contributed by atoms with Crippen LogP contribution in [0.3, 0.4) is 0 Å². The average molecular weight is 636 g/mol. The minimum atomic E-state index is -1.04. The summed E-state index contributed by atoms with van der Waals surface area (Å²) in [5.74, 6) is -1.51. The number of aromatic nitrogens is 1. The topological polar surface area (TPSA) is 99.7 Å². The molecule has 2 aromatic carbocycles. The largest absolute Gasteiger partial charge is 0.477 e. The molecule has 10 heteroatoms. The van der Waals surface area contributed by atoms with Crippen molar-refractivity contribution in [2.24, 2.45) is 0 Å². The number of hydrogen-bond donors (Lipinski definition) is 0. The molecule has 1 unspecified atom stereocenters. The van der Waals surface area contributed by atoms with Gasteiger partial charge in [-0.15, -0.1) is 0 Å². The molecule has 1 aromatic heterocycles. The summed E-state index contributed by atoms with van der Waals surface area (Å²) in [4.78, 5) is 25.9. The van der Waals surface area contributed by atoms with Crippen LogP contribution in [0.2, 0.25) is 0 Å². The fourth-order valence-corrected chi connectivity index (χ4v) is 7.47. The minimum absolute atomic E-state index is 0.0404.